The summed E-state index contributed by atoms with van der Waals surface area (Å²) in [6.45, 7) is 3.31. The molecule has 0 radical (unpaired) electrons. The van der Waals surface area contributed by atoms with Crippen molar-refractivity contribution in [2.75, 3.05) is 6.54 Å². The maximum atomic E-state index is 3.63. The zero-order valence-corrected chi connectivity index (χ0v) is 10.4. The molecule has 0 amide bonds. The maximum absolute atomic E-state index is 3.63. The van der Waals surface area contributed by atoms with E-state index in [9.17, 15) is 0 Å². The molecule has 0 bridgehead atoms. The van der Waals surface area contributed by atoms with Gasteiger partial charge in [0.2, 0.25) is 0 Å². The van der Waals surface area contributed by atoms with Crippen LogP contribution in [0.15, 0.2) is 17.5 Å². The van der Waals surface area contributed by atoms with Gasteiger partial charge in [0.15, 0.2) is 0 Å². The van der Waals surface area contributed by atoms with Crippen molar-refractivity contribution < 1.29 is 0 Å². The molecule has 2 rings (SSSR count). The Bertz CT molecular complexity index is 264. The fraction of sp³-hybridized carbons (Fsp3) is 0.692. The molecule has 1 heterocycles. The summed E-state index contributed by atoms with van der Waals surface area (Å²) in [5.74, 6) is 1.01. The molecular formula is C13H21NS. The van der Waals surface area contributed by atoms with E-state index in [0.717, 1.165) is 12.5 Å². The first-order chi connectivity index (χ1) is 7.38. The average Bonchev–Trinajstić information content (AvgIpc) is 2.64. The maximum Gasteiger partial charge on any atom is 0.0118 e. The topological polar surface area (TPSA) is 12.0 Å². The van der Waals surface area contributed by atoms with Crippen molar-refractivity contribution in [1.82, 2.24) is 5.32 Å². The monoisotopic (exact) mass is 223 g/mol. The van der Waals surface area contributed by atoms with Crippen LogP contribution in [-0.4, -0.2) is 12.6 Å². The Morgan fingerprint density at radius 2 is 2.40 bits per heavy atom. The van der Waals surface area contributed by atoms with Crippen LogP contribution in [0.25, 0.3) is 0 Å². The second-order valence-electron chi connectivity index (χ2n) is 4.57. The van der Waals surface area contributed by atoms with Gasteiger partial charge in [-0.1, -0.05) is 32.3 Å². The number of hydrogen-bond donors (Lipinski definition) is 1. The van der Waals surface area contributed by atoms with Gasteiger partial charge in [0.05, 0.1) is 0 Å². The van der Waals surface area contributed by atoms with Crippen molar-refractivity contribution in [1.29, 1.82) is 0 Å². The van der Waals surface area contributed by atoms with Crippen molar-refractivity contribution in [3.63, 3.8) is 0 Å². The molecule has 0 saturated heterocycles. The molecule has 1 fully saturated rings. The highest BCUT2D eigenvalue weighted by Crippen LogP contribution is 2.31. The van der Waals surface area contributed by atoms with E-state index in [2.05, 4.69) is 29.8 Å². The molecular weight excluding hydrogens is 202 g/mol. The fourth-order valence-electron chi connectivity index (χ4n) is 2.33. The molecule has 1 aromatic rings. The van der Waals surface area contributed by atoms with Crippen LogP contribution in [0.2, 0.25) is 0 Å². The molecule has 0 aromatic carbocycles. The summed E-state index contributed by atoms with van der Waals surface area (Å²) in [4.78, 5) is 1.53. The van der Waals surface area contributed by atoms with Crippen LogP contribution in [0, 0.1) is 5.92 Å². The summed E-state index contributed by atoms with van der Waals surface area (Å²) < 4.78 is 0. The Kier molecular flexibility index (Phi) is 4.21. The van der Waals surface area contributed by atoms with E-state index >= 15 is 0 Å². The van der Waals surface area contributed by atoms with Crippen LogP contribution in [0.1, 0.15) is 37.5 Å². The lowest BCUT2D eigenvalue weighted by Crippen LogP contribution is -2.34. The summed E-state index contributed by atoms with van der Waals surface area (Å²) in [6, 6.07) is 5.13. The van der Waals surface area contributed by atoms with Gasteiger partial charge >= 0.3 is 0 Å². The molecule has 84 valence electrons. The van der Waals surface area contributed by atoms with Crippen molar-refractivity contribution in [3.8, 4) is 0 Å². The first kappa shape index (κ1) is 11.2. The van der Waals surface area contributed by atoms with Crippen LogP contribution in [0.3, 0.4) is 0 Å². The minimum absolute atomic E-state index is 0.707. The molecule has 1 nitrogen and oxygen atoms in total. The molecule has 1 atom stereocenters. The summed E-state index contributed by atoms with van der Waals surface area (Å²) in [7, 11) is 0. The van der Waals surface area contributed by atoms with Gasteiger partial charge in [0.1, 0.15) is 0 Å². The minimum Gasteiger partial charge on any atom is -0.314 e. The SMILES string of the molecule is CCNC(Cc1cccs1)CC1CCC1. The summed E-state index contributed by atoms with van der Waals surface area (Å²) >= 11 is 1.89. The number of nitrogens with one attached hydrogen (secondary N) is 1. The zero-order chi connectivity index (χ0) is 10.5. The van der Waals surface area contributed by atoms with E-state index in [1.54, 1.807) is 0 Å². The van der Waals surface area contributed by atoms with E-state index in [1.807, 2.05) is 11.3 Å². The van der Waals surface area contributed by atoms with Gasteiger partial charge in [-0.3, -0.25) is 0 Å². The second-order valence-corrected chi connectivity index (χ2v) is 5.60. The van der Waals surface area contributed by atoms with Crippen LogP contribution < -0.4 is 5.32 Å². The first-order valence-electron chi connectivity index (χ1n) is 6.14. The Morgan fingerprint density at radius 1 is 1.53 bits per heavy atom. The normalized spacial score (nSPS) is 18.7. The second kappa shape index (κ2) is 5.66. The van der Waals surface area contributed by atoms with Gasteiger partial charge in [0, 0.05) is 10.9 Å². The van der Waals surface area contributed by atoms with Gasteiger partial charge in [0.25, 0.3) is 0 Å². The van der Waals surface area contributed by atoms with E-state index < -0.39 is 0 Å². The molecule has 0 spiro atoms. The third-order valence-electron chi connectivity index (χ3n) is 3.36. The standard InChI is InChI=1S/C13H21NS/c1-2-14-12(9-11-5-3-6-11)10-13-7-4-8-15-13/h4,7-8,11-12,14H,2-3,5-6,9-10H2,1H3. The van der Waals surface area contributed by atoms with Crippen molar-refractivity contribution in [3.05, 3.63) is 22.4 Å². The van der Waals surface area contributed by atoms with Gasteiger partial charge in [-0.25, -0.2) is 0 Å². The van der Waals surface area contributed by atoms with Gasteiger partial charge in [-0.05, 0) is 36.8 Å². The lowest BCUT2D eigenvalue weighted by Gasteiger charge is -2.30. The van der Waals surface area contributed by atoms with Crippen molar-refractivity contribution >= 4 is 11.3 Å². The van der Waals surface area contributed by atoms with E-state index in [-0.39, 0.29) is 0 Å². The molecule has 1 saturated carbocycles. The average molecular weight is 223 g/mol. The quantitative estimate of drug-likeness (QED) is 0.779. The summed E-state index contributed by atoms with van der Waals surface area (Å²) in [6.07, 6.45) is 6.99. The molecule has 1 aliphatic carbocycles. The highest BCUT2D eigenvalue weighted by atomic mass is 32.1. The van der Waals surface area contributed by atoms with Crippen LogP contribution >= 0.6 is 11.3 Å². The zero-order valence-electron chi connectivity index (χ0n) is 9.54. The van der Waals surface area contributed by atoms with Gasteiger partial charge in [-0.2, -0.15) is 0 Å². The lowest BCUT2D eigenvalue weighted by molar-refractivity contribution is 0.260. The molecule has 1 aromatic heterocycles. The van der Waals surface area contributed by atoms with Gasteiger partial charge < -0.3 is 5.32 Å². The Morgan fingerprint density at radius 3 is 2.93 bits per heavy atom. The van der Waals surface area contributed by atoms with Crippen LogP contribution in [0.4, 0.5) is 0 Å². The highest BCUT2D eigenvalue weighted by molar-refractivity contribution is 7.09. The molecule has 0 aliphatic heterocycles. The predicted molar refractivity (Wildman–Crippen MR) is 67.4 cm³/mol. The number of rotatable bonds is 6. The molecule has 15 heavy (non-hydrogen) atoms. The fourth-order valence-corrected chi connectivity index (χ4v) is 3.12. The van der Waals surface area contributed by atoms with Crippen molar-refractivity contribution in [2.24, 2.45) is 5.92 Å². The Labute approximate surface area is 96.9 Å². The van der Waals surface area contributed by atoms with E-state index in [0.29, 0.717) is 6.04 Å². The predicted octanol–water partition coefficient (Wildman–Crippen LogP) is 3.46. The number of likely N-dealkylation sites (N-methyl/N-ethyl adjacent to an activating group) is 1. The summed E-state index contributed by atoms with van der Waals surface area (Å²) in [5.41, 5.74) is 0. The van der Waals surface area contributed by atoms with Crippen molar-refractivity contribution in [2.45, 2.75) is 45.1 Å². The third kappa shape index (κ3) is 3.32. The Balaban J connectivity index is 1.81. The molecule has 1 N–H and O–H groups in total. The smallest absolute Gasteiger partial charge is 0.0118 e. The largest absolute Gasteiger partial charge is 0.314 e. The van der Waals surface area contributed by atoms with Crippen LogP contribution in [0.5, 0.6) is 0 Å². The third-order valence-corrected chi connectivity index (χ3v) is 4.26. The van der Waals surface area contributed by atoms with E-state index in [4.69, 9.17) is 0 Å². The molecule has 1 aliphatic rings. The summed E-state index contributed by atoms with van der Waals surface area (Å²) in [5, 5.41) is 5.81. The molecule has 1 unspecified atom stereocenters. The lowest BCUT2D eigenvalue weighted by atomic mass is 9.80. The van der Waals surface area contributed by atoms with E-state index in [1.165, 1.54) is 37.0 Å². The first-order valence-corrected chi connectivity index (χ1v) is 7.02. The van der Waals surface area contributed by atoms with Gasteiger partial charge in [-0.15, -0.1) is 11.3 Å². The minimum atomic E-state index is 0.707. The molecule has 2 heteroatoms. The highest BCUT2D eigenvalue weighted by Gasteiger charge is 2.21. The van der Waals surface area contributed by atoms with Crippen LogP contribution in [-0.2, 0) is 6.42 Å². The Hall–Kier alpha value is -0.340. The number of thiophene rings is 1. The number of hydrogen-bond acceptors (Lipinski definition) is 2.